The minimum atomic E-state index is -0.488. The number of benzene rings is 2. The Balaban J connectivity index is 1.75. The van der Waals surface area contributed by atoms with Gasteiger partial charge in [-0.25, -0.2) is 0 Å². The molecule has 0 bridgehead atoms. The standard InChI is InChI=1S/C22H23N3O5/c1-5-30-19-9-6-14(12-20(19)29-4)21(26)24-25-22(27)17-11-15-10-16(28-3)7-8-18(15)23-13(17)2/h6-12H,5H2,1-4H3,(H,24,26)(H,25,27). The summed E-state index contributed by atoms with van der Waals surface area (Å²) in [6.07, 6.45) is 0. The highest BCUT2D eigenvalue weighted by molar-refractivity contribution is 6.01. The van der Waals surface area contributed by atoms with Crippen molar-refractivity contribution in [3.63, 3.8) is 0 Å². The lowest BCUT2D eigenvalue weighted by Crippen LogP contribution is -2.42. The van der Waals surface area contributed by atoms with E-state index in [0.717, 1.165) is 10.9 Å². The SMILES string of the molecule is CCOc1ccc(C(=O)NNC(=O)c2cc3cc(OC)ccc3nc2C)cc1OC. The number of fused-ring (bicyclic) bond motifs is 1. The van der Waals surface area contributed by atoms with Gasteiger partial charge in [0.15, 0.2) is 11.5 Å². The molecule has 2 N–H and O–H groups in total. The Morgan fingerprint density at radius 3 is 2.40 bits per heavy atom. The summed E-state index contributed by atoms with van der Waals surface area (Å²) in [6, 6.07) is 11.9. The number of aromatic nitrogens is 1. The Morgan fingerprint density at radius 2 is 1.70 bits per heavy atom. The van der Waals surface area contributed by atoms with Gasteiger partial charge in [0.25, 0.3) is 11.8 Å². The van der Waals surface area contributed by atoms with Gasteiger partial charge in [-0.15, -0.1) is 0 Å². The Bertz CT molecular complexity index is 1100. The molecule has 3 rings (SSSR count). The molecule has 0 unspecified atom stereocenters. The quantitative estimate of drug-likeness (QED) is 0.607. The number of carbonyl (C=O) groups is 2. The van der Waals surface area contributed by atoms with E-state index in [1.165, 1.54) is 7.11 Å². The molecule has 156 valence electrons. The molecule has 0 aliphatic rings. The summed E-state index contributed by atoms with van der Waals surface area (Å²) in [6.45, 7) is 4.07. The van der Waals surface area contributed by atoms with Crippen LogP contribution in [-0.2, 0) is 0 Å². The van der Waals surface area contributed by atoms with Crippen LogP contribution in [0.3, 0.4) is 0 Å². The summed E-state index contributed by atoms with van der Waals surface area (Å²) in [4.78, 5) is 29.5. The molecule has 2 aromatic carbocycles. The Morgan fingerprint density at radius 1 is 0.933 bits per heavy atom. The Kier molecular flexibility index (Phi) is 6.36. The van der Waals surface area contributed by atoms with E-state index >= 15 is 0 Å². The smallest absolute Gasteiger partial charge is 0.271 e. The molecule has 0 spiro atoms. The van der Waals surface area contributed by atoms with Gasteiger partial charge >= 0.3 is 0 Å². The molecule has 1 heterocycles. The second kappa shape index (κ2) is 9.13. The van der Waals surface area contributed by atoms with Gasteiger partial charge < -0.3 is 14.2 Å². The summed E-state index contributed by atoms with van der Waals surface area (Å²) in [5.74, 6) is 0.666. The number of aryl methyl sites for hydroxylation is 1. The molecule has 0 saturated heterocycles. The molecule has 8 nitrogen and oxygen atoms in total. The molecular weight excluding hydrogens is 386 g/mol. The van der Waals surface area contributed by atoms with Gasteiger partial charge in [0.2, 0.25) is 0 Å². The number of hydrogen-bond acceptors (Lipinski definition) is 6. The molecular formula is C22H23N3O5. The van der Waals surface area contributed by atoms with Crippen LogP contribution in [0.15, 0.2) is 42.5 Å². The van der Waals surface area contributed by atoms with Crippen molar-refractivity contribution in [2.24, 2.45) is 0 Å². The average Bonchev–Trinajstić information content (AvgIpc) is 2.76. The molecule has 0 fully saturated rings. The second-order valence-corrected chi connectivity index (χ2v) is 6.39. The monoisotopic (exact) mass is 409 g/mol. The van der Waals surface area contributed by atoms with Crippen LogP contribution in [0.2, 0.25) is 0 Å². The number of ether oxygens (including phenoxy) is 3. The highest BCUT2D eigenvalue weighted by atomic mass is 16.5. The molecule has 1 aromatic heterocycles. The van der Waals surface area contributed by atoms with Gasteiger partial charge in [-0.2, -0.15) is 0 Å². The Hall–Kier alpha value is -3.81. The highest BCUT2D eigenvalue weighted by Crippen LogP contribution is 2.28. The average molecular weight is 409 g/mol. The van der Waals surface area contributed by atoms with Crippen LogP contribution in [0.5, 0.6) is 17.2 Å². The molecule has 2 amide bonds. The first-order chi connectivity index (χ1) is 14.5. The summed E-state index contributed by atoms with van der Waals surface area (Å²) >= 11 is 0. The van der Waals surface area contributed by atoms with Crippen molar-refractivity contribution >= 4 is 22.7 Å². The maximum Gasteiger partial charge on any atom is 0.271 e. The van der Waals surface area contributed by atoms with Crippen molar-refractivity contribution in [2.45, 2.75) is 13.8 Å². The van der Waals surface area contributed by atoms with Crippen molar-refractivity contribution in [3.8, 4) is 17.2 Å². The maximum absolute atomic E-state index is 12.6. The zero-order valence-electron chi connectivity index (χ0n) is 17.2. The predicted molar refractivity (Wildman–Crippen MR) is 112 cm³/mol. The summed E-state index contributed by atoms with van der Waals surface area (Å²) < 4.78 is 15.9. The third kappa shape index (κ3) is 4.43. The van der Waals surface area contributed by atoms with E-state index in [2.05, 4.69) is 15.8 Å². The van der Waals surface area contributed by atoms with E-state index in [-0.39, 0.29) is 0 Å². The number of methoxy groups -OCH3 is 2. The van der Waals surface area contributed by atoms with Gasteiger partial charge in [-0.3, -0.25) is 25.4 Å². The first-order valence-electron chi connectivity index (χ1n) is 9.33. The number of carbonyl (C=O) groups excluding carboxylic acids is 2. The van der Waals surface area contributed by atoms with Crippen molar-refractivity contribution < 1.29 is 23.8 Å². The van der Waals surface area contributed by atoms with Crippen LogP contribution >= 0.6 is 0 Å². The van der Waals surface area contributed by atoms with E-state index in [1.807, 2.05) is 13.0 Å². The number of hydrazine groups is 1. The summed E-state index contributed by atoms with van der Waals surface area (Å²) in [7, 11) is 3.06. The fourth-order valence-electron chi connectivity index (χ4n) is 2.94. The lowest BCUT2D eigenvalue weighted by Gasteiger charge is -2.12. The first-order valence-corrected chi connectivity index (χ1v) is 9.33. The van der Waals surface area contributed by atoms with Crippen molar-refractivity contribution in [2.75, 3.05) is 20.8 Å². The molecule has 3 aromatic rings. The topological polar surface area (TPSA) is 98.8 Å². The number of pyridine rings is 1. The van der Waals surface area contributed by atoms with Crippen molar-refractivity contribution in [3.05, 3.63) is 59.3 Å². The zero-order chi connectivity index (χ0) is 21.7. The fraction of sp³-hybridized carbons (Fsp3) is 0.227. The molecule has 0 atom stereocenters. The summed E-state index contributed by atoms with van der Waals surface area (Å²) in [5, 5.41) is 0.757. The van der Waals surface area contributed by atoms with E-state index in [9.17, 15) is 9.59 Å². The maximum atomic E-state index is 12.6. The largest absolute Gasteiger partial charge is 0.497 e. The molecule has 0 aliphatic carbocycles. The third-order valence-electron chi connectivity index (χ3n) is 4.47. The lowest BCUT2D eigenvalue weighted by atomic mass is 10.1. The minimum absolute atomic E-state index is 0.314. The van der Waals surface area contributed by atoms with E-state index in [0.29, 0.717) is 40.7 Å². The zero-order valence-corrected chi connectivity index (χ0v) is 17.2. The van der Waals surface area contributed by atoms with Crippen molar-refractivity contribution in [1.29, 1.82) is 0 Å². The van der Waals surface area contributed by atoms with E-state index in [1.54, 1.807) is 50.4 Å². The number of hydrogen-bond donors (Lipinski definition) is 2. The van der Waals surface area contributed by atoms with Gasteiger partial charge in [0.05, 0.1) is 37.6 Å². The van der Waals surface area contributed by atoms with Gasteiger partial charge in [0, 0.05) is 10.9 Å². The van der Waals surface area contributed by atoms with Crippen LogP contribution in [0.4, 0.5) is 0 Å². The number of amides is 2. The molecule has 0 radical (unpaired) electrons. The number of nitrogens with zero attached hydrogens (tertiary/aromatic N) is 1. The fourth-order valence-corrected chi connectivity index (χ4v) is 2.94. The van der Waals surface area contributed by atoms with Crippen LogP contribution in [0, 0.1) is 6.92 Å². The first kappa shape index (κ1) is 20.9. The normalized spacial score (nSPS) is 10.4. The van der Waals surface area contributed by atoms with Crippen LogP contribution in [0.1, 0.15) is 33.3 Å². The van der Waals surface area contributed by atoms with Crippen LogP contribution in [0.25, 0.3) is 10.9 Å². The molecule has 0 saturated carbocycles. The molecule has 30 heavy (non-hydrogen) atoms. The second-order valence-electron chi connectivity index (χ2n) is 6.39. The Labute approximate surface area is 174 Å². The third-order valence-corrected chi connectivity index (χ3v) is 4.47. The van der Waals surface area contributed by atoms with E-state index in [4.69, 9.17) is 14.2 Å². The molecule has 0 aliphatic heterocycles. The minimum Gasteiger partial charge on any atom is -0.497 e. The molecule has 8 heteroatoms. The van der Waals surface area contributed by atoms with Gasteiger partial charge in [0.1, 0.15) is 5.75 Å². The van der Waals surface area contributed by atoms with E-state index < -0.39 is 11.8 Å². The van der Waals surface area contributed by atoms with Crippen molar-refractivity contribution in [1.82, 2.24) is 15.8 Å². The number of rotatable bonds is 6. The van der Waals surface area contributed by atoms with Gasteiger partial charge in [-0.05, 0) is 56.3 Å². The lowest BCUT2D eigenvalue weighted by molar-refractivity contribution is 0.0846. The highest BCUT2D eigenvalue weighted by Gasteiger charge is 2.15. The predicted octanol–water partition coefficient (Wildman–Crippen LogP) is 3.03. The van der Waals surface area contributed by atoms with Gasteiger partial charge in [-0.1, -0.05) is 0 Å². The van der Waals surface area contributed by atoms with Crippen LogP contribution < -0.4 is 25.1 Å². The summed E-state index contributed by atoms with van der Waals surface area (Å²) in [5.41, 5.74) is 6.79. The number of nitrogens with one attached hydrogen (secondary N) is 2. The van der Waals surface area contributed by atoms with Crippen LogP contribution in [-0.4, -0.2) is 37.6 Å².